The topological polar surface area (TPSA) is 168 Å². The van der Waals surface area contributed by atoms with Crippen LogP contribution in [-0.2, 0) is 47.7 Å². The Morgan fingerprint density at radius 1 is 1.09 bits per heavy atom. The second-order valence-electron chi connectivity index (χ2n) is 9.77. The van der Waals surface area contributed by atoms with Crippen LogP contribution in [-0.4, -0.2) is 67.5 Å². The number of carboxylic acid groups (broad SMARTS) is 1. The number of carbonyl (C=O) groups excluding carboxylic acids is 2. The highest BCUT2D eigenvalue weighted by Crippen LogP contribution is 2.33. The molecule has 248 valence electrons. The Morgan fingerprint density at radius 3 is 2.33 bits per heavy atom. The lowest BCUT2D eigenvalue weighted by molar-refractivity contribution is -0.192. The predicted molar refractivity (Wildman–Crippen MR) is 164 cm³/mol. The van der Waals surface area contributed by atoms with Crippen molar-refractivity contribution in [2.45, 2.75) is 48.0 Å². The average Bonchev–Trinajstić information content (AvgIpc) is 3.59. The van der Waals surface area contributed by atoms with E-state index in [1.54, 1.807) is 16.8 Å². The van der Waals surface area contributed by atoms with Crippen molar-refractivity contribution >= 4 is 61.4 Å². The van der Waals surface area contributed by atoms with Gasteiger partial charge in [-0.25, -0.2) is 13.2 Å². The minimum absolute atomic E-state index is 0.0726. The third kappa shape index (κ3) is 9.75. The summed E-state index contributed by atoms with van der Waals surface area (Å²) in [5.41, 5.74) is 8.69. The molecule has 0 amide bonds. The van der Waals surface area contributed by atoms with Crippen LogP contribution in [0.4, 0.5) is 13.2 Å². The number of carboxylic acids is 1. The van der Waals surface area contributed by atoms with Gasteiger partial charge < -0.3 is 20.3 Å². The number of aromatic nitrogens is 2. The van der Waals surface area contributed by atoms with E-state index < -0.39 is 34.0 Å². The van der Waals surface area contributed by atoms with Crippen molar-refractivity contribution in [1.29, 1.82) is 0 Å². The minimum atomic E-state index is -5.08. The zero-order valence-electron chi connectivity index (χ0n) is 24.4. The Hall–Kier alpha value is -3.99. The van der Waals surface area contributed by atoms with Gasteiger partial charge in [0, 0.05) is 12.8 Å². The van der Waals surface area contributed by atoms with Crippen molar-refractivity contribution in [2.75, 3.05) is 14.2 Å². The quantitative estimate of drug-likeness (QED) is 0.196. The molecule has 0 radical (unpaired) electrons. The fourth-order valence-corrected chi connectivity index (χ4v) is 7.15. The molecule has 0 aliphatic heterocycles. The highest BCUT2D eigenvalue weighted by atomic mass is 35.5. The van der Waals surface area contributed by atoms with Crippen LogP contribution in [0.5, 0.6) is 5.75 Å². The molecule has 0 spiro atoms. The molecule has 0 saturated heterocycles. The number of hydrogen-bond donors (Lipinski definition) is 2. The first-order valence-electron chi connectivity index (χ1n) is 13.3. The molecule has 17 heteroatoms. The van der Waals surface area contributed by atoms with E-state index >= 15 is 0 Å². The summed E-state index contributed by atoms with van der Waals surface area (Å²) in [7, 11) is -0.905. The number of ketones is 1. The Bertz CT molecular complexity index is 1820. The van der Waals surface area contributed by atoms with E-state index in [2.05, 4.69) is 9.84 Å². The standard InChI is InChI=1S/C27H28ClN3O6S2.C2HF3O2/c1-36-23-8-4-7-22-26(23)21(16-39(34,35)25-12-11-24(28)38-25)30-31(22)15-18-6-3-5-17(13-18)9-10-19(32)14-20(29)27(33)37-2;3-2(4,5)1(6)7/h3-8,11-13,20H,9-10,14-16,29H2,1-2H3;(H,6,7). The van der Waals surface area contributed by atoms with Gasteiger partial charge in [0.25, 0.3) is 0 Å². The number of benzene rings is 2. The first kappa shape index (κ1) is 36.5. The highest BCUT2D eigenvalue weighted by Gasteiger charge is 2.38. The number of methoxy groups -OCH3 is 2. The van der Waals surface area contributed by atoms with Crippen molar-refractivity contribution in [2.24, 2.45) is 5.73 Å². The zero-order valence-corrected chi connectivity index (χ0v) is 26.8. The number of rotatable bonds is 12. The molecule has 1 atom stereocenters. The number of aryl methyl sites for hydroxylation is 1. The van der Waals surface area contributed by atoms with Crippen LogP contribution in [0, 0.1) is 0 Å². The lowest BCUT2D eigenvalue weighted by atomic mass is 10.0. The van der Waals surface area contributed by atoms with Gasteiger partial charge in [0.2, 0.25) is 0 Å². The van der Waals surface area contributed by atoms with Crippen molar-refractivity contribution in [1.82, 2.24) is 9.78 Å². The maximum Gasteiger partial charge on any atom is 0.490 e. The molecule has 46 heavy (non-hydrogen) atoms. The number of hydrogen-bond acceptors (Lipinski definition) is 10. The minimum Gasteiger partial charge on any atom is -0.496 e. The van der Waals surface area contributed by atoms with Gasteiger partial charge in [0.1, 0.15) is 27.5 Å². The Morgan fingerprint density at radius 2 is 1.74 bits per heavy atom. The van der Waals surface area contributed by atoms with Gasteiger partial charge in [-0.15, -0.1) is 11.3 Å². The molecule has 3 N–H and O–H groups in total. The number of nitrogens with two attached hydrogens (primary N) is 1. The second-order valence-corrected chi connectivity index (χ2v) is 13.7. The number of halogens is 4. The van der Waals surface area contributed by atoms with Crippen molar-refractivity contribution in [3.63, 3.8) is 0 Å². The number of aliphatic carboxylic acids is 1. The molecule has 0 bridgehead atoms. The van der Waals surface area contributed by atoms with Gasteiger partial charge in [0.15, 0.2) is 9.84 Å². The van der Waals surface area contributed by atoms with E-state index in [0.717, 1.165) is 28.0 Å². The molecule has 2 heterocycles. The maximum atomic E-state index is 13.1. The zero-order chi connectivity index (χ0) is 34.2. The molecule has 1 unspecified atom stereocenters. The predicted octanol–water partition coefficient (Wildman–Crippen LogP) is 4.81. The van der Waals surface area contributed by atoms with Crippen LogP contribution in [0.15, 0.2) is 58.8 Å². The van der Waals surface area contributed by atoms with Gasteiger partial charge in [0.05, 0.1) is 41.7 Å². The Labute approximate surface area is 270 Å². The molecule has 4 rings (SSSR count). The summed E-state index contributed by atoms with van der Waals surface area (Å²) in [6.45, 7) is 0.379. The summed E-state index contributed by atoms with van der Waals surface area (Å²) >= 11 is 6.98. The Kier molecular flexibility index (Phi) is 12.3. The van der Waals surface area contributed by atoms with Crippen molar-refractivity contribution in [3.8, 4) is 5.75 Å². The second kappa shape index (κ2) is 15.5. The molecule has 0 aliphatic carbocycles. The molecule has 2 aromatic carbocycles. The maximum absolute atomic E-state index is 13.1. The summed E-state index contributed by atoms with van der Waals surface area (Å²) in [6.07, 6.45) is -4.43. The molecule has 0 saturated carbocycles. The van der Waals surface area contributed by atoms with E-state index in [1.807, 2.05) is 36.4 Å². The highest BCUT2D eigenvalue weighted by molar-refractivity contribution is 7.92. The first-order chi connectivity index (χ1) is 21.5. The van der Waals surface area contributed by atoms with Gasteiger partial charge in [-0.3, -0.25) is 14.3 Å². The number of fused-ring (bicyclic) bond motifs is 1. The summed E-state index contributed by atoms with van der Waals surface area (Å²) in [6, 6.07) is 15.3. The number of nitrogens with zero attached hydrogens (tertiary/aromatic N) is 2. The van der Waals surface area contributed by atoms with Crippen LogP contribution in [0.1, 0.15) is 29.7 Å². The van der Waals surface area contributed by atoms with Crippen LogP contribution in [0.2, 0.25) is 4.34 Å². The summed E-state index contributed by atoms with van der Waals surface area (Å²) in [4.78, 5) is 32.6. The first-order valence-corrected chi connectivity index (χ1v) is 16.1. The largest absolute Gasteiger partial charge is 0.496 e. The third-order valence-corrected chi connectivity index (χ3v) is 9.86. The molecular weight excluding hydrogens is 675 g/mol. The number of ether oxygens (including phenoxy) is 2. The molecule has 4 aromatic rings. The molecule has 0 aliphatic rings. The summed E-state index contributed by atoms with van der Waals surface area (Å²) < 4.78 is 70.4. The number of sulfone groups is 1. The number of carbonyl (C=O) groups is 3. The number of alkyl halides is 3. The van der Waals surface area contributed by atoms with E-state index in [1.165, 1.54) is 20.3 Å². The average molecular weight is 704 g/mol. The van der Waals surface area contributed by atoms with Gasteiger partial charge in [-0.05, 0) is 41.8 Å². The Balaban J connectivity index is 0.000000738. The van der Waals surface area contributed by atoms with Crippen LogP contribution < -0.4 is 10.5 Å². The van der Waals surface area contributed by atoms with E-state index in [4.69, 9.17) is 32.0 Å². The number of thiophene rings is 1. The monoisotopic (exact) mass is 703 g/mol. The lowest BCUT2D eigenvalue weighted by Gasteiger charge is -2.09. The molecular formula is C29H29ClF3N3O8S2. The SMILES string of the molecule is COC(=O)C(N)CC(=O)CCc1cccc(Cn2nc(CS(=O)(=O)c3ccc(Cl)s3)c3c(OC)cccc32)c1.O=C(O)C(F)(F)F. The third-order valence-electron chi connectivity index (χ3n) is 6.42. The fourth-order valence-electron chi connectivity index (χ4n) is 4.30. The van der Waals surface area contributed by atoms with Crippen molar-refractivity contribution < 1.29 is 50.6 Å². The fraction of sp³-hybridized carbons (Fsp3) is 0.310. The van der Waals surface area contributed by atoms with Gasteiger partial charge >= 0.3 is 18.1 Å². The molecule has 0 fully saturated rings. The lowest BCUT2D eigenvalue weighted by Crippen LogP contribution is -2.33. The molecule has 2 aromatic heterocycles. The van der Waals surface area contributed by atoms with E-state index in [9.17, 15) is 31.2 Å². The number of esters is 1. The summed E-state index contributed by atoms with van der Waals surface area (Å²) in [5.74, 6) is -3.26. The van der Waals surface area contributed by atoms with Crippen LogP contribution >= 0.6 is 22.9 Å². The van der Waals surface area contributed by atoms with Crippen LogP contribution in [0.25, 0.3) is 10.9 Å². The smallest absolute Gasteiger partial charge is 0.490 e. The van der Waals surface area contributed by atoms with Gasteiger partial charge in [-0.2, -0.15) is 18.3 Å². The normalized spacial score (nSPS) is 12.2. The number of Topliss-reactive ketones (excluding diaryl/α,β-unsaturated/α-hetero) is 1. The van der Waals surface area contributed by atoms with E-state index in [0.29, 0.717) is 34.1 Å². The van der Waals surface area contributed by atoms with Crippen molar-refractivity contribution in [3.05, 3.63) is 75.8 Å². The van der Waals surface area contributed by atoms with Crippen LogP contribution in [0.3, 0.4) is 0 Å². The van der Waals surface area contributed by atoms with E-state index in [-0.39, 0.29) is 28.6 Å². The molecule has 11 nitrogen and oxygen atoms in total. The summed E-state index contributed by atoms with van der Waals surface area (Å²) in [5, 5.41) is 12.4. The van der Waals surface area contributed by atoms with Gasteiger partial charge in [-0.1, -0.05) is 41.9 Å².